The molecule has 23 heavy (non-hydrogen) atoms. The smallest absolute Gasteiger partial charge is 0.259 e. The van der Waals surface area contributed by atoms with E-state index in [-0.39, 0.29) is 23.1 Å². The van der Waals surface area contributed by atoms with Crippen molar-refractivity contribution >= 4 is 17.5 Å². The van der Waals surface area contributed by atoms with Crippen LogP contribution in [0.4, 0.5) is 5.69 Å². The third-order valence-corrected chi connectivity index (χ3v) is 3.80. The highest BCUT2D eigenvalue weighted by Crippen LogP contribution is 2.25. The minimum Gasteiger partial charge on any atom is -0.507 e. The molecular weight excluding hydrogens is 292 g/mol. The van der Waals surface area contributed by atoms with Gasteiger partial charge in [0.15, 0.2) is 0 Å². The Morgan fingerprint density at radius 1 is 1.04 bits per heavy atom. The molecule has 0 aliphatic rings. The molecule has 0 bridgehead atoms. The summed E-state index contributed by atoms with van der Waals surface area (Å²) in [6.07, 6.45) is 0.294. The number of phenolic OH excluding ortho intramolecular Hbond substituents is 1. The van der Waals surface area contributed by atoms with E-state index in [9.17, 15) is 14.7 Å². The van der Waals surface area contributed by atoms with Crippen LogP contribution in [-0.4, -0.2) is 24.0 Å². The Balaban J connectivity index is 2.12. The standard InChI is InChI=1S/C18H20N2O3/c1-11-4-9-15(17(22)12(11)2)18(23)20-14-7-5-13(6-8-14)10-16(21)19-3/h4-9,22H,10H2,1-3H3,(H,19,21)(H,20,23). The predicted molar refractivity (Wildman–Crippen MR) is 89.7 cm³/mol. The zero-order valence-electron chi connectivity index (χ0n) is 13.4. The first-order chi connectivity index (χ1) is 10.9. The third kappa shape index (κ3) is 3.88. The number of amides is 2. The largest absolute Gasteiger partial charge is 0.507 e. The molecule has 5 nitrogen and oxygen atoms in total. The Morgan fingerprint density at radius 3 is 2.30 bits per heavy atom. The van der Waals surface area contributed by atoms with E-state index in [2.05, 4.69) is 10.6 Å². The molecule has 2 amide bonds. The molecule has 120 valence electrons. The number of carbonyl (C=O) groups excluding carboxylic acids is 2. The van der Waals surface area contributed by atoms with Crippen LogP contribution in [0.2, 0.25) is 0 Å². The van der Waals surface area contributed by atoms with E-state index >= 15 is 0 Å². The van der Waals surface area contributed by atoms with Gasteiger partial charge in [-0.1, -0.05) is 18.2 Å². The molecule has 0 fully saturated rings. The fraction of sp³-hybridized carbons (Fsp3) is 0.222. The van der Waals surface area contributed by atoms with E-state index in [0.717, 1.165) is 11.1 Å². The molecule has 0 unspecified atom stereocenters. The average Bonchev–Trinajstić information content (AvgIpc) is 2.54. The second-order valence-corrected chi connectivity index (χ2v) is 5.40. The van der Waals surface area contributed by atoms with E-state index in [0.29, 0.717) is 17.7 Å². The fourth-order valence-electron chi connectivity index (χ4n) is 2.16. The first kappa shape index (κ1) is 16.5. The minimum atomic E-state index is -0.371. The first-order valence-electron chi connectivity index (χ1n) is 7.32. The quantitative estimate of drug-likeness (QED) is 0.812. The number of likely N-dealkylation sites (N-methyl/N-ethyl adjacent to an activating group) is 1. The predicted octanol–water partition coefficient (Wildman–Crippen LogP) is 2.55. The maximum absolute atomic E-state index is 12.3. The monoisotopic (exact) mass is 312 g/mol. The summed E-state index contributed by atoms with van der Waals surface area (Å²) in [5, 5.41) is 15.4. The number of aromatic hydroxyl groups is 1. The van der Waals surface area contributed by atoms with E-state index in [1.54, 1.807) is 50.4 Å². The van der Waals surface area contributed by atoms with Crippen LogP contribution in [0.1, 0.15) is 27.0 Å². The molecule has 0 atom stereocenters. The lowest BCUT2D eigenvalue weighted by molar-refractivity contribution is -0.119. The SMILES string of the molecule is CNC(=O)Cc1ccc(NC(=O)c2ccc(C)c(C)c2O)cc1. The van der Waals surface area contributed by atoms with Gasteiger partial charge >= 0.3 is 0 Å². The Hall–Kier alpha value is -2.82. The molecule has 3 N–H and O–H groups in total. The van der Waals surface area contributed by atoms with Crippen LogP contribution >= 0.6 is 0 Å². The van der Waals surface area contributed by atoms with Crippen LogP contribution in [0.3, 0.4) is 0 Å². The zero-order chi connectivity index (χ0) is 17.0. The highest BCUT2D eigenvalue weighted by atomic mass is 16.3. The molecule has 0 saturated carbocycles. The van der Waals surface area contributed by atoms with Crippen molar-refractivity contribution in [2.24, 2.45) is 0 Å². The molecule has 2 aromatic rings. The Labute approximate surface area is 135 Å². The van der Waals surface area contributed by atoms with Crippen molar-refractivity contribution < 1.29 is 14.7 Å². The number of aryl methyl sites for hydroxylation is 1. The topological polar surface area (TPSA) is 78.4 Å². The van der Waals surface area contributed by atoms with Crippen molar-refractivity contribution in [3.05, 3.63) is 58.7 Å². The lowest BCUT2D eigenvalue weighted by Gasteiger charge is -2.10. The fourth-order valence-corrected chi connectivity index (χ4v) is 2.16. The highest BCUT2D eigenvalue weighted by Gasteiger charge is 2.14. The molecule has 0 spiro atoms. The van der Waals surface area contributed by atoms with Crippen LogP contribution in [0.5, 0.6) is 5.75 Å². The van der Waals surface area contributed by atoms with Crippen molar-refractivity contribution in [3.63, 3.8) is 0 Å². The molecule has 2 rings (SSSR count). The number of anilines is 1. The van der Waals surface area contributed by atoms with Crippen LogP contribution in [0.15, 0.2) is 36.4 Å². The maximum atomic E-state index is 12.3. The number of phenols is 1. The van der Waals surface area contributed by atoms with Gasteiger partial charge in [-0.2, -0.15) is 0 Å². The van der Waals surface area contributed by atoms with Gasteiger partial charge < -0.3 is 15.7 Å². The van der Waals surface area contributed by atoms with E-state index < -0.39 is 0 Å². The van der Waals surface area contributed by atoms with Gasteiger partial charge in [0.1, 0.15) is 5.75 Å². The Bertz CT molecular complexity index is 737. The number of carbonyl (C=O) groups is 2. The average molecular weight is 312 g/mol. The second-order valence-electron chi connectivity index (χ2n) is 5.40. The van der Waals surface area contributed by atoms with Gasteiger partial charge in [-0.15, -0.1) is 0 Å². The molecule has 0 saturated heterocycles. The van der Waals surface area contributed by atoms with Crippen molar-refractivity contribution in [2.75, 3.05) is 12.4 Å². The Kier molecular flexibility index (Phi) is 5.01. The lowest BCUT2D eigenvalue weighted by atomic mass is 10.0. The van der Waals surface area contributed by atoms with Gasteiger partial charge in [0.2, 0.25) is 5.91 Å². The maximum Gasteiger partial charge on any atom is 0.259 e. The summed E-state index contributed by atoms with van der Waals surface area (Å²) in [6, 6.07) is 10.4. The second kappa shape index (κ2) is 6.96. The zero-order valence-corrected chi connectivity index (χ0v) is 13.4. The van der Waals surface area contributed by atoms with E-state index in [1.807, 2.05) is 6.92 Å². The van der Waals surface area contributed by atoms with E-state index in [4.69, 9.17) is 0 Å². The van der Waals surface area contributed by atoms with Crippen LogP contribution in [-0.2, 0) is 11.2 Å². The highest BCUT2D eigenvalue weighted by molar-refractivity contribution is 6.06. The van der Waals surface area contributed by atoms with Crippen molar-refractivity contribution in [1.29, 1.82) is 0 Å². The number of nitrogens with one attached hydrogen (secondary N) is 2. The molecule has 0 heterocycles. The van der Waals surface area contributed by atoms with Gasteiger partial charge in [-0.3, -0.25) is 9.59 Å². The summed E-state index contributed by atoms with van der Waals surface area (Å²) in [6.45, 7) is 3.65. The number of hydrogen-bond acceptors (Lipinski definition) is 3. The van der Waals surface area contributed by atoms with E-state index in [1.165, 1.54) is 0 Å². The van der Waals surface area contributed by atoms with Crippen molar-refractivity contribution in [3.8, 4) is 5.75 Å². The van der Waals surface area contributed by atoms with Gasteiger partial charge in [0.25, 0.3) is 5.91 Å². The van der Waals surface area contributed by atoms with Gasteiger partial charge in [0.05, 0.1) is 12.0 Å². The van der Waals surface area contributed by atoms with Crippen LogP contribution in [0.25, 0.3) is 0 Å². The molecule has 5 heteroatoms. The molecule has 0 radical (unpaired) electrons. The summed E-state index contributed by atoms with van der Waals surface area (Å²) in [4.78, 5) is 23.6. The summed E-state index contributed by atoms with van der Waals surface area (Å²) in [5.74, 6) is -0.440. The van der Waals surface area contributed by atoms with Crippen molar-refractivity contribution in [2.45, 2.75) is 20.3 Å². The summed E-state index contributed by atoms with van der Waals surface area (Å²) in [5.41, 5.74) is 3.32. The first-order valence-corrected chi connectivity index (χ1v) is 7.32. The van der Waals surface area contributed by atoms with Crippen LogP contribution in [0, 0.1) is 13.8 Å². The molecule has 0 aliphatic heterocycles. The summed E-state index contributed by atoms with van der Waals surface area (Å²) in [7, 11) is 1.59. The summed E-state index contributed by atoms with van der Waals surface area (Å²) >= 11 is 0. The molecule has 2 aromatic carbocycles. The molecule has 0 aromatic heterocycles. The Morgan fingerprint density at radius 2 is 1.70 bits per heavy atom. The van der Waals surface area contributed by atoms with Gasteiger partial charge in [-0.25, -0.2) is 0 Å². The van der Waals surface area contributed by atoms with Crippen molar-refractivity contribution in [1.82, 2.24) is 5.32 Å². The third-order valence-electron chi connectivity index (χ3n) is 3.80. The molecular formula is C18H20N2O3. The van der Waals surface area contributed by atoms with Gasteiger partial charge in [-0.05, 0) is 48.7 Å². The number of rotatable bonds is 4. The minimum absolute atomic E-state index is 0.00117. The number of benzene rings is 2. The summed E-state index contributed by atoms with van der Waals surface area (Å²) < 4.78 is 0. The number of hydrogen-bond donors (Lipinski definition) is 3. The molecule has 0 aliphatic carbocycles. The lowest BCUT2D eigenvalue weighted by Crippen LogP contribution is -2.19. The van der Waals surface area contributed by atoms with Gasteiger partial charge in [0, 0.05) is 12.7 Å². The van der Waals surface area contributed by atoms with Crippen LogP contribution < -0.4 is 10.6 Å². The normalized spacial score (nSPS) is 10.2.